The molecule has 0 aromatic heterocycles. The van der Waals surface area contributed by atoms with Crippen LogP contribution in [0.25, 0.3) is 0 Å². The Morgan fingerprint density at radius 2 is 1.79 bits per heavy atom. The number of morpholine rings is 1. The Morgan fingerprint density at radius 1 is 1.10 bits per heavy atom. The van der Waals surface area contributed by atoms with Crippen molar-refractivity contribution >= 4 is 5.96 Å². The maximum atomic E-state index is 5.82. The van der Waals surface area contributed by atoms with Gasteiger partial charge in [-0.1, -0.05) is 30.3 Å². The first-order chi connectivity index (χ1) is 14.2. The smallest absolute Gasteiger partial charge is 0.191 e. The summed E-state index contributed by atoms with van der Waals surface area (Å²) in [5, 5.41) is 7.05. The van der Waals surface area contributed by atoms with Crippen LogP contribution in [0.15, 0.2) is 35.3 Å². The Bertz CT molecular complexity index is 607. The zero-order valence-corrected chi connectivity index (χ0v) is 18.4. The second-order valence-corrected chi connectivity index (χ2v) is 8.42. The van der Waals surface area contributed by atoms with Crippen molar-refractivity contribution < 1.29 is 4.74 Å². The van der Waals surface area contributed by atoms with Gasteiger partial charge in [-0.2, -0.15) is 0 Å². The molecule has 0 amide bonds. The summed E-state index contributed by atoms with van der Waals surface area (Å²) in [5.74, 6) is 0.897. The van der Waals surface area contributed by atoms with Crippen molar-refractivity contribution in [2.24, 2.45) is 4.99 Å². The molecule has 6 nitrogen and oxygen atoms in total. The molecule has 0 spiro atoms. The topological polar surface area (TPSA) is 52.1 Å². The van der Waals surface area contributed by atoms with Crippen LogP contribution in [0.2, 0.25) is 0 Å². The van der Waals surface area contributed by atoms with Gasteiger partial charge < -0.3 is 15.4 Å². The first kappa shape index (κ1) is 22.1. The second-order valence-electron chi connectivity index (χ2n) is 8.42. The molecule has 0 aliphatic carbocycles. The van der Waals surface area contributed by atoms with Crippen LogP contribution in [0.4, 0.5) is 0 Å². The monoisotopic (exact) mass is 401 g/mol. The predicted molar refractivity (Wildman–Crippen MR) is 120 cm³/mol. The van der Waals surface area contributed by atoms with Crippen LogP contribution >= 0.6 is 0 Å². The highest BCUT2D eigenvalue weighted by Crippen LogP contribution is 2.24. The Hall–Kier alpha value is -1.63. The van der Waals surface area contributed by atoms with E-state index in [1.807, 2.05) is 7.05 Å². The highest BCUT2D eigenvalue weighted by atomic mass is 16.5. The average Bonchev–Trinajstić information content (AvgIpc) is 3.24. The van der Waals surface area contributed by atoms with Gasteiger partial charge in [0.15, 0.2) is 5.96 Å². The Morgan fingerprint density at radius 3 is 2.45 bits per heavy atom. The van der Waals surface area contributed by atoms with E-state index >= 15 is 0 Å². The van der Waals surface area contributed by atoms with Crippen LogP contribution in [0.1, 0.15) is 44.7 Å². The van der Waals surface area contributed by atoms with Gasteiger partial charge in [0.2, 0.25) is 0 Å². The molecular formula is C23H39N5O. The molecule has 162 valence electrons. The third-order valence-corrected chi connectivity index (χ3v) is 5.89. The van der Waals surface area contributed by atoms with Gasteiger partial charge in [-0.25, -0.2) is 0 Å². The molecule has 3 rings (SSSR count). The van der Waals surface area contributed by atoms with E-state index in [0.717, 1.165) is 45.1 Å². The lowest BCUT2D eigenvalue weighted by Crippen LogP contribution is -2.46. The number of hydrogen-bond acceptors (Lipinski definition) is 4. The maximum absolute atomic E-state index is 5.82. The molecule has 0 bridgehead atoms. The predicted octanol–water partition coefficient (Wildman–Crippen LogP) is 2.49. The van der Waals surface area contributed by atoms with Gasteiger partial charge in [-0.05, 0) is 51.8 Å². The largest absolute Gasteiger partial charge is 0.373 e. The van der Waals surface area contributed by atoms with E-state index in [0.29, 0.717) is 18.2 Å². The number of ether oxygens (including phenoxy) is 1. The van der Waals surface area contributed by atoms with Crippen LogP contribution in [0.3, 0.4) is 0 Å². The number of benzene rings is 1. The summed E-state index contributed by atoms with van der Waals surface area (Å²) in [6, 6.07) is 11.2. The fourth-order valence-corrected chi connectivity index (χ4v) is 4.58. The number of nitrogens with zero attached hydrogens (tertiary/aromatic N) is 3. The van der Waals surface area contributed by atoms with E-state index < -0.39 is 0 Å². The number of rotatable bonds is 8. The molecule has 0 saturated carbocycles. The Labute approximate surface area is 176 Å². The average molecular weight is 402 g/mol. The van der Waals surface area contributed by atoms with Crippen LogP contribution in [-0.4, -0.2) is 80.8 Å². The summed E-state index contributed by atoms with van der Waals surface area (Å²) in [5.41, 5.74) is 1.38. The van der Waals surface area contributed by atoms with Gasteiger partial charge >= 0.3 is 0 Å². The Kier molecular flexibility index (Phi) is 8.77. The van der Waals surface area contributed by atoms with E-state index in [2.05, 4.69) is 69.6 Å². The molecule has 2 fully saturated rings. The summed E-state index contributed by atoms with van der Waals surface area (Å²) < 4.78 is 5.82. The number of likely N-dealkylation sites (tertiary alicyclic amines) is 1. The number of nitrogens with one attached hydrogen (secondary N) is 2. The minimum Gasteiger partial charge on any atom is -0.373 e. The molecule has 1 aromatic carbocycles. The minimum atomic E-state index is 0.335. The maximum Gasteiger partial charge on any atom is 0.191 e. The van der Waals surface area contributed by atoms with Crippen molar-refractivity contribution in [3.05, 3.63) is 35.9 Å². The molecule has 29 heavy (non-hydrogen) atoms. The third-order valence-electron chi connectivity index (χ3n) is 5.89. The van der Waals surface area contributed by atoms with Crippen LogP contribution in [0.5, 0.6) is 0 Å². The molecule has 2 N–H and O–H groups in total. The molecule has 3 atom stereocenters. The van der Waals surface area contributed by atoms with Gasteiger partial charge in [0.1, 0.15) is 0 Å². The third kappa shape index (κ3) is 6.98. The highest BCUT2D eigenvalue weighted by Gasteiger charge is 2.24. The van der Waals surface area contributed by atoms with E-state index in [4.69, 9.17) is 4.74 Å². The molecular weight excluding hydrogens is 362 g/mol. The molecule has 2 aliphatic rings. The molecule has 0 radical (unpaired) electrons. The zero-order valence-electron chi connectivity index (χ0n) is 18.4. The van der Waals surface area contributed by atoms with E-state index in [1.165, 1.54) is 31.5 Å². The van der Waals surface area contributed by atoms with Crippen LogP contribution in [-0.2, 0) is 4.74 Å². The van der Waals surface area contributed by atoms with Crippen molar-refractivity contribution in [2.75, 3.05) is 52.9 Å². The van der Waals surface area contributed by atoms with Gasteiger partial charge in [0.05, 0.1) is 18.2 Å². The number of aliphatic imine (C=N–C) groups is 1. The van der Waals surface area contributed by atoms with Crippen molar-refractivity contribution in [2.45, 2.75) is 51.4 Å². The van der Waals surface area contributed by atoms with Crippen molar-refractivity contribution in [3.63, 3.8) is 0 Å². The summed E-state index contributed by atoms with van der Waals surface area (Å²) in [6.45, 7) is 11.7. The fourth-order valence-electron chi connectivity index (χ4n) is 4.58. The normalized spacial score (nSPS) is 25.1. The fraction of sp³-hybridized carbons (Fsp3) is 0.696. The molecule has 1 aromatic rings. The number of guanidine groups is 1. The summed E-state index contributed by atoms with van der Waals surface area (Å²) in [4.78, 5) is 9.53. The molecule has 6 heteroatoms. The number of hydrogen-bond donors (Lipinski definition) is 2. The summed E-state index contributed by atoms with van der Waals surface area (Å²) in [6.07, 6.45) is 4.38. The lowest BCUT2D eigenvalue weighted by Gasteiger charge is -2.35. The van der Waals surface area contributed by atoms with Crippen LogP contribution < -0.4 is 10.6 Å². The standard InChI is InChI=1S/C23H39N5O/c1-19-17-27(18-20(2)29-19)13-9-12-25-23(24-3)26-16-22(28-14-7-8-15-28)21-10-5-4-6-11-21/h4-6,10-11,19-20,22H,7-9,12-18H2,1-3H3,(H2,24,25,26). The molecule has 2 heterocycles. The zero-order chi connectivity index (χ0) is 20.5. The second kappa shape index (κ2) is 11.5. The van der Waals surface area contributed by atoms with Gasteiger partial charge in [-0.15, -0.1) is 0 Å². The van der Waals surface area contributed by atoms with E-state index in [9.17, 15) is 0 Å². The minimum absolute atomic E-state index is 0.335. The first-order valence-corrected chi connectivity index (χ1v) is 11.3. The highest BCUT2D eigenvalue weighted by molar-refractivity contribution is 5.79. The molecule has 2 saturated heterocycles. The summed E-state index contributed by atoms with van der Waals surface area (Å²) in [7, 11) is 1.86. The summed E-state index contributed by atoms with van der Waals surface area (Å²) >= 11 is 0. The van der Waals surface area contributed by atoms with Gasteiger partial charge in [0.25, 0.3) is 0 Å². The molecule has 3 unspecified atom stereocenters. The van der Waals surface area contributed by atoms with Crippen molar-refractivity contribution in [3.8, 4) is 0 Å². The lowest BCUT2D eigenvalue weighted by molar-refractivity contribution is -0.0679. The lowest BCUT2D eigenvalue weighted by atomic mass is 10.1. The van der Waals surface area contributed by atoms with E-state index in [-0.39, 0.29) is 0 Å². The van der Waals surface area contributed by atoms with Gasteiger partial charge in [0, 0.05) is 39.8 Å². The van der Waals surface area contributed by atoms with E-state index in [1.54, 1.807) is 0 Å². The first-order valence-electron chi connectivity index (χ1n) is 11.3. The van der Waals surface area contributed by atoms with Gasteiger partial charge in [-0.3, -0.25) is 14.8 Å². The van der Waals surface area contributed by atoms with Crippen molar-refractivity contribution in [1.29, 1.82) is 0 Å². The van der Waals surface area contributed by atoms with Crippen molar-refractivity contribution in [1.82, 2.24) is 20.4 Å². The Balaban J connectivity index is 1.42. The van der Waals surface area contributed by atoms with Crippen LogP contribution in [0, 0.1) is 0 Å². The quantitative estimate of drug-likeness (QED) is 0.398. The molecule has 2 aliphatic heterocycles. The SMILES string of the molecule is CN=C(NCCCN1CC(C)OC(C)C1)NCC(c1ccccc1)N1CCCC1.